The Balaban J connectivity index is 2.48. The second kappa shape index (κ2) is 6.59. The second-order valence-electron chi connectivity index (χ2n) is 4.64. The SMILES string of the molecule is CCCNC(=O)C(C)N1CCCC(C(=O)O)C1. The number of carbonyl (C=O) groups excluding carboxylic acids is 1. The molecule has 0 aromatic carbocycles. The van der Waals surface area contributed by atoms with Crippen molar-refractivity contribution < 1.29 is 14.7 Å². The molecule has 0 saturated carbocycles. The lowest BCUT2D eigenvalue weighted by atomic mass is 9.97. The van der Waals surface area contributed by atoms with Crippen LogP contribution in [0.1, 0.15) is 33.1 Å². The van der Waals surface area contributed by atoms with E-state index in [1.807, 2.05) is 18.7 Å². The molecule has 0 aliphatic carbocycles. The van der Waals surface area contributed by atoms with Gasteiger partial charge in [-0.25, -0.2) is 0 Å². The monoisotopic (exact) mass is 242 g/mol. The van der Waals surface area contributed by atoms with Gasteiger partial charge in [0.05, 0.1) is 12.0 Å². The van der Waals surface area contributed by atoms with Crippen molar-refractivity contribution in [2.45, 2.75) is 39.2 Å². The molecule has 0 aromatic heterocycles. The molecule has 1 aliphatic heterocycles. The van der Waals surface area contributed by atoms with E-state index in [1.54, 1.807) is 0 Å². The van der Waals surface area contributed by atoms with Gasteiger partial charge in [-0.15, -0.1) is 0 Å². The Morgan fingerprint density at radius 1 is 1.53 bits per heavy atom. The molecule has 2 atom stereocenters. The molecule has 17 heavy (non-hydrogen) atoms. The number of nitrogens with zero attached hydrogens (tertiary/aromatic N) is 1. The van der Waals surface area contributed by atoms with Gasteiger partial charge in [0.2, 0.25) is 5.91 Å². The van der Waals surface area contributed by atoms with Crippen molar-refractivity contribution in [2.24, 2.45) is 5.92 Å². The number of rotatable bonds is 5. The molecule has 0 aromatic rings. The number of piperidine rings is 1. The first-order chi connectivity index (χ1) is 8.06. The first-order valence-electron chi connectivity index (χ1n) is 6.30. The van der Waals surface area contributed by atoms with E-state index in [9.17, 15) is 9.59 Å². The third kappa shape index (κ3) is 4.00. The molecular formula is C12H22N2O3. The lowest BCUT2D eigenvalue weighted by Gasteiger charge is -2.34. The van der Waals surface area contributed by atoms with Crippen LogP contribution in [-0.2, 0) is 9.59 Å². The molecular weight excluding hydrogens is 220 g/mol. The molecule has 5 heteroatoms. The largest absolute Gasteiger partial charge is 0.481 e. The van der Waals surface area contributed by atoms with Crippen LogP contribution in [0.4, 0.5) is 0 Å². The summed E-state index contributed by atoms with van der Waals surface area (Å²) in [5.74, 6) is -1.08. The van der Waals surface area contributed by atoms with Gasteiger partial charge in [-0.2, -0.15) is 0 Å². The summed E-state index contributed by atoms with van der Waals surface area (Å²) in [4.78, 5) is 24.7. The summed E-state index contributed by atoms with van der Waals surface area (Å²) < 4.78 is 0. The van der Waals surface area contributed by atoms with Crippen molar-refractivity contribution in [3.05, 3.63) is 0 Å². The van der Waals surface area contributed by atoms with Gasteiger partial charge in [-0.05, 0) is 32.7 Å². The molecule has 1 rings (SSSR count). The number of aliphatic carboxylic acids is 1. The van der Waals surface area contributed by atoms with Crippen LogP contribution in [0, 0.1) is 5.92 Å². The zero-order chi connectivity index (χ0) is 12.8. The van der Waals surface area contributed by atoms with E-state index >= 15 is 0 Å². The number of amides is 1. The number of carboxylic acid groups (broad SMARTS) is 1. The lowest BCUT2D eigenvalue weighted by Crippen LogP contribution is -2.50. The molecule has 0 spiro atoms. The molecule has 0 radical (unpaired) electrons. The number of hydrogen-bond donors (Lipinski definition) is 2. The topological polar surface area (TPSA) is 69.6 Å². The Kier molecular flexibility index (Phi) is 5.41. The van der Waals surface area contributed by atoms with Gasteiger partial charge in [0.1, 0.15) is 0 Å². The van der Waals surface area contributed by atoms with Crippen LogP contribution in [0.2, 0.25) is 0 Å². The van der Waals surface area contributed by atoms with Crippen LogP contribution >= 0.6 is 0 Å². The van der Waals surface area contributed by atoms with E-state index in [1.165, 1.54) is 0 Å². The van der Waals surface area contributed by atoms with E-state index in [2.05, 4.69) is 5.32 Å². The highest BCUT2D eigenvalue weighted by molar-refractivity contribution is 5.81. The minimum atomic E-state index is -0.754. The molecule has 2 N–H and O–H groups in total. The summed E-state index contributed by atoms with van der Waals surface area (Å²) >= 11 is 0. The highest BCUT2D eigenvalue weighted by Crippen LogP contribution is 2.18. The van der Waals surface area contributed by atoms with Crippen LogP contribution in [-0.4, -0.2) is 47.6 Å². The number of carboxylic acids is 1. The number of hydrogen-bond acceptors (Lipinski definition) is 3. The van der Waals surface area contributed by atoms with E-state index < -0.39 is 5.97 Å². The predicted molar refractivity (Wildman–Crippen MR) is 64.7 cm³/mol. The average molecular weight is 242 g/mol. The van der Waals surface area contributed by atoms with Crippen molar-refractivity contribution in [3.63, 3.8) is 0 Å². The maximum Gasteiger partial charge on any atom is 0.307 e. The number of nitrogens with one attached hydrogen (secondary N) is 1. The quantitative estimate of drug-likeness (QED) is 0.744. The van der Waals surface area contributed by atoms with Gasteiger partial charge in [-0.1, -0.05) is 6.92 Å². The minimum Gasteiger partial charge on any atom is -0.481 e. The molecule has 98 valence electrons. The molecule has 0 bridgehead atoms. The van der Waals surface area contributed by atoms with E-state index in [0.717, 1.165) is 25.8 Å². The zero-order valence-corrected chi connectivity index (χ0v) is 10.6. The van der Waals surface area contributed by atoms with Gasteiger partial charge in [0.15, 0.2) is 0 Å². The summed E-state index contributed by atoms with van der Waals surface area (Å²) in [7, 11) is 0. The summed E-state index contributed by atoms with van der Waals surface area (Å²) in [5, 5.41) is 11.8. The molecule has 1 heterocycles. The van der Waals surface area contributed by atoms with Gasteiger partial charge >= 0.3 is 5.97 Å². The fourth-order valence-electron chi connectivity index (χ4n) is 2.12. The third-order valence-electron chi connectivity index (χ3n) is 3.28. The van der Waals surface area contributed by atoms with Gasteiger partial charge in [-0.3, -0.25) is 14.5 Å². The first kappa shape index (κ1) is 14.0. The molecule has 1 fully saturated rings. The smallest absolute Gasteiger partial charge is 0.307 e. The standard InChI is InChI=1S/C12H22N2O3/c1-3-6-13-11(15)9(2)14-7-4-5-10(8-14)12(16)17/h9-10H,3-8H2,1-2H3,(H,13,15)(H,16,17). The third-order valence-corrected chi connectivity index (χ3v) is 3.28. The fourth-order valence-corrected chi connectivity index (χ4v) is 2.12. The predicted octanol–water partition coefficient (Wildman–Crippen LogP) is 0.698. The minimum absolute atomic E-state index is 0.00195. The molecule has 1 amide bonds. The number of carbonyl (C=O) groups is 2. The van der Waals surface area contributed by atoms with Gasteiger partial charge in [0, 0.05) is 13.1 Å². The van der Waals surface area contributed by atoms with Crippen LogP contribution in [0.5, 0.6) is 0 Å². The van der Waals surface area contributed by atoms with Crippen molar-refractivity contribution in [1.82, 2.24) is 10.2 Å². The van der Waals surface area contributed by atoms with E-state index in [4.69, 9.17) is 5.11 Å². The fraction of sp³-hybridized carbons (Fsp3) is 0.833. The maximum absolute atomic E-state index is 11.8. The summed E-state index contributed by atoms with van der Waals surface area (Å²) in [6.07, 6.45) is 2.48. The van der Waals surface area contributed by atoms with Crippen LogP contribution in [0.25, 0.3) is 0 Å². The Bertz CT molecular complexity index is 281. The second-order valence-corrected chi connectivity index (χ2v) is 4.64. The van der Waals surface area contributed by atoms with Crippen LogP contribution in [0.3, 0.4) is 0 Å². The average Bonchev–Trinajstić information content (AvgIpc) is 2.35. The Labute approximate surface area is 102 Å². The molecule has 1 saturated heterocycles. The summed E-state index contributed by atoms with van der Waals surface area (Å²) in [6.45, 7) is 5.82. The van der Waals surface area contributed by atoms with Gasteiger partial charge < -0.3 is 10.4 Å². The van der Waals surface area contributed by atoms with Crippen LogP contribution < -0.4 is 5.32 Å². The number of likely N-dealkylation sites (tertiary alicyclic amines) is 1. The summed E-state index contributed by atoms with van der Waals surface area (Å²) in [5.41, 5.74) is 0. The Morgan fingerprint density at radius 2 is 2.24 bits per heavy atom. The highest BCUT2D eigenvalue weighted by Gasteiger charge is 2.30. The summed E-state index contributed by atoms with van der Waals surface area (Å²) in [6, 6.07) is -0.233. The Hall–Kier alpha value is -1.10. The van der Waals surface area contributed by atoms with Crippen molar-refractivity contribution in [3.8, 4) is 0 Å². The van der Waals surface area contributed by atoms with Crippen LogP contribution in [0.15, 0.2) is 0 Å². The van der Waals surface area contributed by atoms with Crippen molar-refractivity contribution in [2.75, 3.05) is 19.6 Å². The Morgan fingerprint density at radius 3 is 2.82 bits per heavy atom. The van der Waals surface area contributed by atoms with E-state index in [0.29, 0.717) is 13.1 Å². The first-order valence-corrected chi connectivity index (χ1v) is 6.30. The maximum atomic E-state index is 11.8. The molecule has 5 nitrogen and oxygen atoms in total. The van der Waals surface area contributed by atoms with E-state index in [-0.39, 0.29) is 17.9 Å². The van der Waals surface area contributed by atoms with Crippen molar-refractivity contribution >= 4 is 11.9 Å². The highest BCUT2D eigenvalue weighted by atomic mass is 16.4. The molecule has 1 aliphatic rings. The van der Waals surface area contributed by atoms with Gasteiger partial charge in [0.25, 0.3) is 0 Å². The van der Waals surface area contributed by atoms with Crippen molar-refractivity contribution in [1.29, 1.82) is 0 Å². The normalized spacial score (nSPS) is 23.1. The zero-order valence-electron chi connectivity index (χ0n) is 10.6. The lowest BCUT2D eigenvalue weighted by molar-refractivity contribution is -0.145. The molecule has 2 unspecified atom stereocenters.